The second-order valence-corrected chi connectivity index (χ2v) is 7.01. The smallest absolute Gasteiger partial charge is 0.271 e. The van der Waals surface area contributed by atoms with Gasteiger partial charge in [-0.3, -0.25) is 9.59 Å². The van der Waals surface area contributed by atoms with Crippen LogP contribution in [-0.4, -0.2) is 18.0 Å². The van der Waals surface area contributed by atoms with Crippen LogP contribution in [0.15, 0.2) is 77.9 Å². The average Bonchev–Trinajstić information content (AvgIpc) is 2.68. The summed E-state index contributed by atoms with van der Waals surface area (Å²) in [6.45, 7) is 0. The van der Waals surface area contributed by atoms with E-state index in [1.54, 1.807) is 30.5 Å². The molecule has 5 nitrogen and oxygen atoms in total. The molecule has 0 saturated heterocycles. The topological polar surface area (TPSA) is 70.6 Å². The predicted octanol–water partition coefficient (Wildman–Crippen LogP) is 4.45. The van der Waals surface area contributed by atoms with Crippen molar-refractivity contribution in [2.75, 3.05) is 5.32 Å². The lowest BCUT2D eigenvalue weighted by Crippen LogP contribution is -2.18. The first-order valence-electron chi connectivity index (χ1n) is 8.28. The van der Waals surface area contributed by atoms with Crippen LogP contribution in [-0.2, 0) is 0 Å². The molecule has 0 atom stereocenters. The van der Waals surface area contributed by atoms with Gasteiger partial charge in [-0.15, -0.1) is 0 Å². The van der Waals surface area contributed by atoms with Crippen LogP contribution in [0, 0.1) is 9.39 Å². The van der Waals surface area contributed by atoms with Crippen LogP contribution < -0.4 is 10.7 Å². The largest absolute Gasteiger partial charge is 0.322 e. The molecule has 0 unspecified atom stereocenters. The van der Waals surface area contributed by atoms with E-state index in [4.69, 9.17) is 0 Å². The lowest BCUT2D eigenvalue weighted by molar-refractivity contribution is 0.0953. The fourth-order valence-electron chi connectivity index (χ4n) is 2.40. The first-order chi connectivity index (χ1) is 13.5. The maximum atomic E-state index is 13.7. The Kier molecular flexibility index (Phi) is 6.49. The van der Waals surface area contributed by atoms with Crippen LogP contribution in [0.4, 0.5) is 10.1 Å². The molecule has 28 heavy (non-hydrogen) atoms. The Morgan fingerprint density at radius 2 is 1.71 bits per heavy atom. The van der Waals surface area contributed by atoms with E-state index in [1.807, 2.05) is 24.3 Å². The fourth-order valence-corrected chi connectivity index (χ4v) is 2.97. The van der Waals surface area contributed by atoms with Crippen molar-refractivity contribution in [1.82, 2.24) is 5.43 Å². The third kappa shape index (κ3) is 5.23. The normalized spacial score (nSPS) is 10.6. The van der Waals surface area contributed by atoms with Crippen LogP contribution in [0.25, 0.3) is 0 Å². The fraction of sp³-hybridized carbons (Fsp3) is 0. The second-order valence-electron chi connectivity index (χ2n) is 5.77. The number of benzene rings is 3. The van der Waals surface area contributed by atoms with E-state index in [-0.39, 0.29) is 5.56 Å². The summed E-state index contributed by atoms with van der Waals surface area (Å²) in [7, 11) is 0. The van der Waals surface area contributed by atoms with E-state index < -0.39 is 17.6 Å². The number of anilines is 1. The van der Waals surface area contributed by atoms with E-state index >= 15 is 0 Å². The van der Waals surface area contributed by atoms with Crippen LogP contribution in [0.2, 0.25) is 0 Å². The Labute approximate surface area is 174 Å². The highest BCUT2D eigenvalue weighted by molar-refractivity contribution is 14.1. The molecule has 0 aliphatic rings. The minimum Gasteiger partial charge on any atom is -0.322 e. The zero-order chi connectivity index (χ0) is 19.9. The van der Waals surface area contributed by atoms with Crippen molar-refractivity contribution < 1.29 is 14.0 Å². The van der Waals surface area contributed by atoms with Gasteiger partial charge in [-0.2, -0.15) is 5.10 Å². The molecule has 0 heterocycles. The van der Waals surface area contributed by atoms with Crippen LogP contribution in [0.5, 0.6) is 0 Å². The molecule has 0 radical (unpaired) electrons. The van der Waals surface area contributed by atoms with E-state index in [0.717, 1.165) is 9.13 Å². The molecule has 0 aromatic heterocycles. The Morgan fingerprint density at radius 3 is 2.50 bits per heavy atom. The Hall–Kier alpha value is -3.07. The molecule has 140 valence electrons. The third-order valence-electron chi connectivity index (χ3n) is 3.73. The highest BCUT2D eigenvalue weighted by atomic mass is 127. The summed E-state index contributed by atoms with van der Waals surface area (Å²) in [5, 5.41) is 6.53. The summed E-state index contributed by atoms with van der Waals surface area (Å²) < 4.78 is 14.8. The summed E-state index contributed by atoms with van der Waals surface area (Å²) in [4.78, 5) is 24.5. The zero-order valence-corrected chi connectivity index (χ0v) is 16.7. The maximum absolute atomic E-state index is 13.7. The van der Waals surface area contributed by atoms with Crippen molar-refractivity contribution in [2.24, 2.45) is 5.10 Å². The van der Waals surface area contributed by atoms with Gasteiger partial charge in [0.05, 0.1) is 11.8 Å². The van der Waals surface area contributed by atoms with E-state index in [0.29, 0.717) is 11.3 Å². The van der Waals surface area contributed by atoms with E-state index in [9.17, 15) is 14.0 Å². The third-order valence-corrected chi connectivity index (χ3v) is 4.40. The number of amides is 2. The van der Waals surface area contributed by atoms with Gasteiger partial charge in [0.15, 0.2) is 0 Å². The molecule has 7 heteroatoms. The Bertz CT molecular complexity index is 1050. The van der Waals surface area contributed by atoms with Crippen molar-refractivity contribution >= 4 is 46.3 Å². The van der Waals surface area contributed by atoms with Gasteiger partial charge in [0.1, 0.15) is 5.82 Å². The predicted molar refractivity (Wildman–Crippen MR) is 115 cm³/mol. The summed E-state index contributed by atoms with van der Waals surface area (Å²) >= 11 is 2.19. The number of carbonyl (C=O) groups excluding carboxylic acids is 2. The number of rotatable bonds is 5. The van der Waals surface area contributed by atoms with E-state index in [2.05, 4.69) is 38.4 Å². The first kappa shape index (κ1) is 19.7. The van der Waals surface area contributed by atoms with Crippen LogP contribution in [0.1, 0.15) is 26.3 Å². The summed E-state index contributed by atoms with van der Waals surface area (Å²) in [5.41, 5.74) is 3.92. The molecule has 3 aromatic carbocycles. The monoisotopic (exact) mass is 487 g/mol. The summed E-state index contributed by atoms with van der Waals surface area (Å²) in [5.74, 6) is -1.63. The molecule has 0 fully saturated rings. The Morgan fingerprint density at radius 1 is 0.929 bits per heavy atom. The van der Waals surface area contributed by atoms with Gasteiger partial charge in [0.25, 0.3) is 11.8 Å². The molecule has 0 aliphatic carbocycles. The number of nitrogens with zero attached hydrogens (tertiary/aromatic N) is 1. The summed E-state index contributed by atoms with van der Waals surface area (Å²) in [6.07, 6.45) is 1.55. The van der Waals surface area contributed by atoms with Gasteiger partial charge in [0, 0.05) is 14.8 Å². The van der Waals surface area contributed by atoms with Gasteiger partial charge in [-0.1, -0.05) is 30.3 Å². The zero-order valence-electron chi connectivity index (χ0n) is 14.5. The minimum atomic E-state index is -0.612. The second kappa shape index (κ2) is 9.23. The quantitative estimate of drug-likeness (QED) is 0.317. The lowest BCUT2D eigenvalue weighted by Gasteiger charge is -2.07. The number of carbonyl (C=O) groups is 2. The molecule has 2 amide bonds. The van der Waals surface area contributed by atoms with Gasteiger partial charge >= 0.3 is 0 Å². The number of hydrogen-bond donors (Lipinski definition) is 2. The molecule has 0 saturated carbocycles. The SMILES string of the molecule is O=C(N/N=C\c1cccc(I)c1)c1cccc(NC(=O)c2ccccc2F)c1. The average molecular weight is 487 g/mol. The van der Waals surface area contributed by atoms with Gasteiger partial charge in [-0.25, -0.2) is 9.82 Å². The van der Waals surface area contributed by atoms with Crippen molar-refractivity contribution in [3.05, 3.63) is 98.9 Å². The van der Waals surface area contributed by atoms with Crippen molar-refractivity contribution in [1.29, 1.82) is 0 Å². The van der Waals surface area contributed by atoms with Crippen molar-refractivity contribution in [2.45, 2.75) is 0 Å². The molecule has 0 aliphatic heterocycles. The molecular formula is C21H15FIN3O2. The van der Waals surface area contributed by atoms with Gasteiger partial charge in [0.2, 0.25) is 0 Å². The first-order valence-corrected chi connectivity index (χ1v) is 9.36. The minimum absolute atomic E-state index is 0.0700. The van der Waals surface area contributed by atoms with Gasteiger partial charge < -0.3 is 5.32 Å². The molecule has 0 bridgehead atoms. The number of hydrazone groups is 1. The molecule has 3 rings (SSSR count). The number of halogens is 2. The molecule has 0 spiro atoms. The summed E-state index contributed by atoms with van der Waals surface area (Å²) in [6, 6.07) is 19.7. The lowest BCUT2D eigenvalue weighted by atomic mass is 10.1. The highest BCUT2D eigenvalue weighted by Gasteiger charge is 2.12. The molecule has 3 aromatic rings. The van der Waals surface area contributed by atoms with Crippen LogP contribution >= 0.6 is 22.6 Å². The number of hydrogen-bond acceptors (Lipinski definition) is 3. The van der Waals surface area contributed by atoms with Crippen LogP contribution in [0.3, 0.4) is 0 Å². The highest BCUT2D eigenvalue weighted by Crippen LogP contribution is 2.14. The van der Waals surface area contributed by atoms with Crippen molar-refractivity contribution in [3.63, 3.8) is 0 Å². The Balaban J connectivity index is 1.66. The molecule has 2 N–H and O–H groups in total. The maximum Gasteiger partial charge on any atom is 0.271 e. The standard InChI is InChI=1S/C21H15FIN3O2/c22-19-10-2-1-9-18(19)21(28)25-17-8-4-6-15(12-17)20(27)26-24-13-14-5-3-7-16(23)11-14/h1-13H,(H,25,28)(H,26,27)/b24-13-. The number of nitrogens with one attached hydrogen (secondary N) is 2. The van der Waals surface area contributed by atoms with Crippen molar-refractivity contribution in [3.8, 4) is 0 Å². The van der Waals surface area contributed by atoms with Gasteiger partial charge in [-0.05, 0) is 70.6 Å². The molecular weight excluding hydrogens is 472 g/mol. The van der Waals surface area contributed by atoms with E-state index in [1.165, 1.54) is 24.3 Å².